The van der Waals surface area contributed by atoms with Crippen LogP contribution in [0.25, 0.3) is 22.2 Å². The number of hydrogen-bond acceptors (Lipinski definition) is 5. The molecule has 2 atom stereocenters. The summed E-state index contributed by atoms with van der Waals surface area (Å²) in [5.74, 6) is -0.523. The zero-order valence-corrected chi connectivity index (χ0v) is 18.9. The van der Waals surface area contributed by atoms with E-state index in [1.165, 1.54) is 0 Å². The quantitative estimate of drug-likeness (QED) is 0.391. The lowest BCUT2D eigenvalue weighted by molar-refractivity contribution is 0.00418. The average molecular weight is 455 g/mol. The molecule has 0 spiro atoms. The first kappa shape index (κ1) is 22.0. The van der Waals surface area contributed by atoms with Crippen molar-refractivity contribution >= 4 is 22.6 Å². The van der Waals surface area contributed by atoms with Crippen LogP contribution in [0.15, 0.2) is 66.9 Å². The Labute approximate surface area is 197 Å². The van der Waals surface area contributed by atoms with Crippen molar-refractivity contribution in [2.75, 3.05) is 0 Å². The smallest absolute Gasteiger partial charge is 0.251 e. The molecule has 0 aliphatic heterocycles. The van der Waals surface area contributed by atoms with Crippen LogP contribution in [0.4, 0.5) is 0 Å². The number of aryl methyl sites for hydroxylation is 1. The topological polar surface area (TPSA) is 108 Å². The Morgan fingerprint density at radius 2 is 1.91 bits per heavy atom. The molecule has 1 fully saturated rings. The first-order valence-electron chi connectivity index (χ1n) is 11.5. The number of benzene rings is 2. The predicted octanol–water partition coefficient (Wildman–Crippen LogP) is 4.22. The van der Waals surface area contributed by atoms with E-state index in [1.807, 2.05) is 37.3 Å². The summed E-state index contributed by atoms with van der Waals surface area (Å²) in [6.45, 7) is 1.92. The fourth-order valence-corrected chi connectivity index (χ4v) is 4.78. The summed E-state index contributed by atoms with van der Waals surface area (Å²) in [5.41, 5.74) is 2.92. The molecular formula is C27H26N4O3. The van der Waals surface area contributed by atoms with E-state index < -0.39 is 5.60 Å². The summed E-state index contributed by atoms with van der Waals surface area (Å²) in [6, 6.07) is 17.8. The largest absolute Gasteiger partial charge is 0.382 e. The fourth-order valence-electron chi connectivity index (χ4n) is 4.78. The standard InChI is InChI=1S/C27H26N4O3/c1-17-14-19(11-13-28-17)24-22-15-20(9-10-23(22)30-31-24)26(33)29-21-8-5-12-27(34,16-21)25(32)18-6-3-2-4-7-18/h2-4,6-7,9-11,13-15,21,34H,5,8,12,16H2,1H3,(H,29,33)(H,30,31). The van der Waals surface area contributed by atoms with E-state index in [0.29, 0.717) is 30.4 Å². The third kappa shape index (κ3) is 4.22. The van der Waals surface area contributed by atoms with Gasteiger partial charge in [-0.05, 0) is 56.5 Å². The Balaban J connectivity index is 1.35. The minimum absolute atomic E-state index is 0.196. The van der Waals surface area contributed by atoms with E-state index in [4.69, 9.17) is 0 Å². The van der Waals surface area contributed by atoms with E-state index in [1.54, 1.807) is 36.5 Å². The molecule has 1 aliphatic carbocycles. The summed E-state index contributed by atoms with van der Waals surface area (Å²) in [4.78, 5) is 30.3. The summed E-state index contributed by atoms with van der Waals surface area (Å²) >= 11 is 0. The minimum Gasteiger partial charge on any atom is -0.382 e. The monoisotopic (exact) mass is 454 g/mol. The highest BCUT2D eigenvalue weighted by Gasteiger charge is 2.41. The molecule has 1 saturated carbocycles. The average Bonchev–Trinajstić information content (AvgIpc) is 3.27. The first-order chi connectivity index (χ1) is 16.4. The molecule has 172 valence electrons. The second-order valence-corrected chi connectivity index (χ2v) is 9.01. The number of hydrogen-bond donors (Lipinski definition) is 3. The molecule has 2 unspecified atom stereocenters. The van der Waals surface area contributed by atoms with Crippen molar-refractivity contribution in [3.8, 4) is 11.3 Å². The molecule has 0 bridgehead atoms. The van der Waals surface area contributed by atoms with Gasteiger partial charge in [0.1, 0.15) is 11.3 Å². The highest BCUT2D eigenvalue weighted by Crippen LogP contribution is 2.32. The molecule has 7 nitrogen and oxygen atoms in total. The van der Waals surface area contributed by atoms with Crippen molar-refractivity contribution in [1.29, 1.82) is 0 Å². The van der Waals surface area contributed by atoms with Crippen LogP contribution in [0.3, 0.4) is 0 Å². The van der Waals surface area contributed by atoms with Crippen LogP contribution < -0.4 is 5.32 Å². The number of aromatic amines is 1. The highest BCUT2D eigenvalue weighted by atomic mass is 16.3. The van der Waals surface area contributed by atoms with Gasteiger partial charge in [-0.25, -0.2) is 0 Å². The van der Waals surface area contributed by atoms with Crippen LogP contribution in [-0.2, 0) is 0 Å². The second kappa shape index (κ2) is 8.83. The van der Waals surface area contributed by atoms with Crippen LogP contribution in [0.1, 0.15) is 52.1 Å². The second-order valence-electron chi connectivity index (χ2n) is 9.01. The Kier molecular flexibility index (Phi) is 5.71. The molecule has 3 N–H and O–H groups in total. The van der Waals surface area contributed by atoms with Gasteiger partial charge in [-0.15, -0.1) is 0 Å². The number of aromatic nitrogens is 3. The van der Waals surface area contributed by atoms with Gasteiger partial charge in [0.05, 0.1) is 5.52 Å². The van der Waals surface area contributed by atoms with Gasteiger partial charge in [-0.3, -0.25) is 19.7 Å². The molecule has 34 heavy (non-hydrogen) atoms. The highest BCUT2D eigenvalue weighted by molar-refractivity contribution is 6.03. The van der Waals surface area contributed by atoms with Crippen LogP contribution in [-0.4, -0.2) is 43.6 Å². The van der Waals surface area contributed by atoms with E-state index >= 15 is 0 Å². The van der Waals surface area contributed by atoms with E-state index in [9.17, 15) is 14.7 Å². The molecule has 1 amide bonds. The van der Waals surface area contributed by atoms with Crippen molar-refractivity contribution in [3.63, 3.8) is 0 Å². The van der Waals surface area contributed by atoms with Crippen molar-refractivity contribution in [2.45, 2.75) is 44.2 Å². The maximum absolute atomic E-state index is 13.1. The van der Waals surface area contributed by atoms with Crippen LogP contribution >= 0.6 is 0 Å². The predicted molar refractivity (Wildman–Crippen MR) is 130 cm³/mol. The number of amides is 1. The number of ketones is 1. The normalized spacial score (nSPS) is 20.2. The number of H-pyrrole nitrogens is 1. The van der Waals surface area contributed by atoms with Crippen LogP contribution in [0, 0.1) is 6.92 Å². The maximum Gasteiger partial charge on any atom is 0.251 e. The molecular weight excluding hydrogens is 428 g/mol. The summed E-state index contributed by atoms with van der Waals surface area (Å²) in [6.07, 6.45) is 3.70. The van der Waals surface area contributed by atoms with Crippen LogP contribution in [0.2, 0.25) is 0 Å². The van der Waals surface area contributed by atoms with Gasteiger partial charge < -0.3 is 10.4 Å². The van der Waals surface area contributed by atoms with E-state index in [2.05, 4.69) is 20.5 Å². The Hall–Kier alpha value is -3.84. The first-order valence-corrected chi connectivity index (χ1v) is 11.5. The summed E-state index contributed by atoms with van der Waals surface area (Å²) in [7, 11) is 0. The van der Waals surface area contributed by atoms with Crippen molar-refractivity contribution in [3.05, 3.63) is 83.7 Å². The van der Waals surface area contributed by atoms with Gasteiger partial charge in [-0.2, -0.15) is 5.10 Å². The van der Waals surface area contributed by atoms with Gasteiger partial charge in [-0.1, -0.05) is 30.3 Å². The molecule has 1 aliphatic rings. The zero-order chi connectivity index (χ0) is 23.7. The van der Waals surface area contributed by atoms with Crippen molar-refractivity contribution in [2.24, 2.45) is 0 Å². The lowest BCUT2D eigenvalue weighted by atomic mass is 9.77. The van der Waals surface area contributed by atoms with Gasteiger partial charge in [0.25, 0.3) is 5.91 Å². The third-order valence-electron chi connectivity index (χ3n) is 6.52. The molecule has 2 aromatic carbocycles. The maximum atomic E-state index is 13.1. The molecule has 0 radical (unpaired) electrons. The number of Topliss-reactive ketones (excluding diaryl/α,β-unsaturated/α-hetero) is 1. The van der Waals surface area contributed by atoms with Gasteiger partial charge in [0, 0.05) is 46.4 Å². The third-order valence-corrected chi connectivity index (χ3v) is 6.52. The summed E-state index contributed by atoms with van der Waals surface area (Å²) < 4.78 is 0. The number of fused-ring (bicyclic) bond motifs is 1. The number of rotatable bonds is 5. The molecule has 4 aromatic rings. The van der Waals surface area contributed by atoms with E-state index in [0.717, 1.165) is 27.9 Å². The Bertz CT molecular complexity index is 1360. The summed E-state index contributed by atoms with van der Waals surface area (Å²) in [5, 5.41) is 22.5. The number of carbonyl (C=O) groups is 2. The fraction of sp³-hybridized carbons (Fsp3) is 0.259. The number of carbonyl (C=O) groups excluding carboxylic acids is 2. The molecule has 5 rings (SSSR count). The Morgan fingerprint density at radius 3 is 2.71 bits per heavy atom. The van der Waals surface area contributed by atoms with Gasteiger partial charge in [0.2, 0.25) is 0 Å². The lowest BCUT2D eigenvalue weighted by Crippen LogP contribution is -2.50. The van der Waals surface area contributed by atoms with Crippen molar-refractivity contribution in [1.82, 2.24) is 20.5 Å². The number of pyridine rings is 1. The molecule has 2 heterocycles. The van der Waals surface area contributed by atoms with Gasteiger partial charge in [0.15, 0.2) is 5.78 Å². The Morgan fingerprint density at radius 1 is 1.09 bits per heavy atom. The SMILES string of the molecule is Cc1cc(-c2n[nH]c3ccc(C(=O)NC4CCCC(O)(C(=O)c5ccccc5)C4)cc23)ccn1. The number of nitrogens with zero attached hydrogens (tertiary/aromatic N) is 2. The zero-order valence-electron chi connectivity index (χ0n) is 18.9. The van der Waals surface area contributed by atoms with Crippen molar-refractivity contribution < 1.29 is 14.7 Å². The molecule has 0 saturated heterocycles. The minimum atomic E-state index is -1.47. The van der Waals surface area contributed by atoms with Gasteiger partial charge >= 0.3 is 0 Å². The molecule has 2 aromatic heterocycles. The number of aliphatic hydroxyl groups is 1. The number of nitrogens with one attached hydrogen (secondary N) is 2. The molecule has 7 heteroatoms. The lowest BCUT2D eigenvalue weighted by Gasteiger charge is -2.36. The van der Waals surface area contributed by atoms with Crippen LogP contribution in [0.5, 0.6) is 0 Å². The van der Waals surface area contributed by atoms with E-state index in [-0.39, 0.29) is 24.2 Å².